The standard InChI is InChI=1S/C21H33N5O3/c1-6-22-20(24-15-21(2,27)17-13-25-26(3)14-17)23-11-7-8-16-9-10-18(28-4)19(12-16)29-5/h9-10,12-14,27H,6-8,11,15H2,1-5H3,(H2,22,23,24). The molecule has 0 aliphatic rings. The molecule has 160 valence electrons. The fourth-order valence-corrected chi connectivity index (χ4v) is 2.90. The largest absolute Gasteiger partial charge is 0.493 e. The normalized spacial score (nSPS) is 13.7. The van der Waals surface area contributed by atoms with Crippen LogP contribution >= 0.6 is 0 Å². The number of methoxy groups -OCH3 is 2. The van der Waals surface area contributed by atoms with Crippen LogP contribution in [0.25, 0.3) is 0 Å². The number of rotatable bonds is 10. The van der Waals surface area contributed by atoms with E-state index in [1.165, 1.54) is 5.56 Å². The molecule has 8 heteroatoms. The molecular weight excluding hydrogens is 370 g/mol. The van der Waals surface area contributed by atoms with Gasteiger partial charge in [-0.25, -0.2) is 4.99 Å². The number of aryl methyl sites for hydroxylation is 2. The van der Waals surface area contributed by atoms with Crippen molar-refractivity contribution in [2.24, 2.45) is 12.0 Å². The fourth-order valence-electron chi connectivity index (χ4n) is 2.90. The molecule has 0 spiro atoms. The summed E-state index contributed by atoms with van der Waals surface area (Å²) in [7, 11) is 5.10. The van der Waals surface area contributed by atoms with Gasteiger partial charge in [0.1, 0.15) is 5.60 Å². The van der Waals surface area contributed by atoms with Crippen LogP contribution < -0.4 is 20.1 Å². The van der Waals surface area contributed by atoms with Gasteiger partial charge in [-0.05, 0) is 44.4 Å². The maximum atomic E-state index is 10.7. The Morgan fingerprint density at radius 3 is 2.62 bits per heavy atom. The summed E-state index contributed by atoms with van der Waals surface area (Å²) < 4.78 is 12.3. The highest BCUT2D eigenvalue weighted by Gasteiger charge is 2.24. The monoisotopic (exact) mass is 403 g/mol. The first-order chi connectivity index (χ1) is 13.9. The molecule has 8 nitrogen and oxygen atoms in total. The van der Waals surface area contributed by atoms with Crippen molar-refractivity contribution in [3.63, 3.8) is 0 Å². The predicted molar refractivity (Wildman–Crippen MR) is 115 cm³/mol. The van der Waals surface area contributed by atoms with E-state index in [1.807, 2.05) is 32.2 Å². The Balaban J connectivity index is 1.88. The molecule has 0 bridgehead atoms. The van der Waals surface area contributed by atoms with E-state index in [0.29, 0.717) is 5.96 Å². The molecule has 1 aromatic heterocycles. The van der Waals surface area contributed by atoms with Crippen molar-refractivity contribution in [3.8, 4) is 11.5 Å². The van der Waals surface area contributed by atoms with E-state index in [1.54, 1.807) is 38.2 Å². The first kappa shape index (κ1) is 22.5. The van der Waals surface area contributed by atoms with Gasteiger partial charge in [-0.2, -0.15) is 5.10 Å². The van der Waals surface area contributed by atoms with E-state index >= 15 is 0 Å². The summed E-state index contributed by atoms with van der Waals surface area (Å²) in [5, 5.41) is 21.3. The second-order valence-electron chi connectivity index (χ2n) is 7.09. The number of ether oxygens (including phenoxy) is 2. The lowest BCUT2D eigenvalue weighted by atomic mass is 10.0. The van der Waals surface area contributed by atoms with E-state index in [2.05, 4.69) is 20.7 Å². The first-order valence-corrected chi connectivity index (χ1v) is 9.84. The fraction of sp³-hybridized carbons (Fsp3) is 0.524. The molecule has 0 aliphatic heterocycles. The summed E-state index contributed by atoms with van der Waals surface area (Å²) >= 11 is 0. The number of benzene rings is 1. The molecule has 3 N–H and O–H groups in total. The lowest BCUT2D eigenvalue weighted by Gasteiger charge is -2.20. The van der Waals surface area contributed by atoms with Crippen molar-refractivity contribution in [3.05, 3.63) is 41.7 Å². The number of nitrogens with zero attached hydrogens (tertiary/aromatic N) is 3. The van der Waals surface area contributed by atoms with Crippen molar-refractivity contribution >= 4 is 5.96 Å². The summed E-state index contributed by atoms with van der Waals surface area (Å²) in [6.45, 7) is 5.50. The van der Waals surface area contributed by atoms with Gasteiger partial charge in [-0.1, -0.05) is 6.07 Å². The quantitative estimate of drug-likeness (QED) is 0.318. The number of hydrogen-bond donors (Lipinski definition) is 3. The zero-order valence-corrected chi connectivity index (χ0v) is 18.0. The number of nitrogens with one attached hydrogen (secondary N) is 2. The topological polar surface area (TPSA) is 92.9 Å². The van der Waals surface area contributed by atoms with Crippen LogP contribution in [0.4, 0.5) is 0 Å². The molecule has 0 fully saturated rings. The molecular formula is C21H33N5O3. The predicted octanol–water partition coefficient (Wildman–Crippen LogP) is 1.83. The molecule has 2 rings (SSSR count). The minimum Gasteiger partial charge on any atom is -0.493 e. The third-order valence-electron chi connectivity index (χ3n) is 4.60. The maximum absolute atomic E-state index is 10.7. The van der Waals surface area contributed by atoms with Crippen molar-refractivity contribution in [2.75, 3.05) is 33.9 Å². The third kappa shape index (κ3) is 6.67. The van der Waals surface area contributed by atoms with Crippen LogP contribution in [-0.4, -0.2) is 54.7 Å². The lowest BCUT2D eigenvalue weighted by molar-refractivity contribution is 0.0672. The second-order valence-corrected chi connectivity index (χ2v) is 7.09. The highest BCUT2D eigenvalue weighted by atomic mass is 16.5. The van der Waals surface area contributed by atoms with Crippen molar-refractivity contribution < 1.29 is 14.6 Å². The number of hydrogen-bond acceptors (Lipinski definition) is 5. The van der Waals surface area contributed by atoms with Gasteiger partial charge in [-0.3, -0.25) is 4.68 Å². The number of guanidine groups is 1. The SMILES string of the molecule is CCNC(=NCC(C)(O)c1cnn(C)c1)NCCCc1ccc(OC)c(OC)c1. The zero-order valence-electron chi connectivity index (χ0n) is 18.0. The van der Waals surface area contributed by atoms with Crippen LogP contribution in [0.3, 0.4) is 0 Å². The highest BCUT2D eigenvalue weighted by Crippen LogP contribution is 2.27. The molecule has 0 aliphatic carbocycles. The first-order valence-electron chi connectivity index (χ1n) is 9.84. The zero-order chi connectivity index (χ0) is 21.3. The molecule has 1 aromatic carbocycles. The Bertz CT molecular complexity index is 801. The Kier molecular flexibility index (Phi) is 8.33. The summed E-state index contributed by atoms with van der Waals surface area (Å²) in [6, 6.07) is 5.97. The average Bonchev–Trinajstić information content (AvgIpc) is 3.16. The van der Waals surface area contributed by atoms with E-state index in [9.17, 15) is 5.11 Å². The van der Waals surface area contributed by atoms with E-state index in [4.69, 9.17) is 9.47 Å². The smallest absolute Gasteiger partial charge is 0.191 e. The van der Waals surface area contributed by atoms with E-state index < -0.39 is 5.60 Å². The van der Waals surface area contributed by atoms with Gasteiger partial charge in [-0.15, -0.1) is 0 Å². The molecule has 0 radical (unpaired) electrons. The third-order valence-corrected chi connectivity index (χ3v) is 4.60. The molecule has 1 atom stereocenters. The molecule has 1 heterocycles. The van der Waals surface area contributed by atoms with Crippen molar-refractivity contribution in [1.29, 1.82) is 0 Å². The minimum absolute atomic E-state index is 0.240. The average molecular weight is 404 g/mol. The molecule has 2 aromatic rings. The summed E-state index contributed by atoms with van der Waals surface area (Å²) in [4.78, 5) is 4.54. The molecule has 0 saturated carbocycles. The Morgan fingerprint density at radius 2 is 2.00 bits per heavy atom. The summed E-state index contributed by atoms with van der Waals surface area (Å²) in [5.74, 6) is 2.16. The van der Waals surface area contributed by atoms with Crippen LogP contribution in [0.2, 0.25) is 0 Å². The molecule has 29 heavy (non-hydrogen) atoms. The van der Waals surface area contributed by atoms with Crippen LogP contribution in [0.1, 0.15) is 31.4 Å². The van der Waals surface area contributed by atoms with Gasteiger partial charge >= 0.3 is 0 Å². The van der Waals surface area contributed by atoms with Gasteiger partial charge < -0.3 is 25.2 Å². The minimum atomic E-state index is -1.07. The molecule has 1 unspecified atom stereocenters. The Morgan fingerprint density at radius 1 is 1.24 bits per heavy atom. The Labute approximate surface area is 172 Å². The van der Waals surface area contributed by atoms with Gasteiger partial charge in [0.2, 0.25) is 0 Å². The number of aliphatic hydroxyl groups is 1. The van der Waals surface area contributed by atoms with Gasteiger partial charge in [0.15, 0.2) is 17.5 Å². The Hall–Kier alpha value is -2.74. The highest BCUT2D eigenvalue weighted by molar-refractivity contribution is 5.79. The van der Waals surface area contributed by atoms with Crippen LogP contribution in [0.15, 0.2) is 35.6 Å². The number of aromatic nitrogens is 2. The van der Waals surface area contributed by atoms with E-state index in [-0.39, 0.29) is 6.54 Å². The summed E-state index contributed by atoms with van der Waals surface area (Å²) in [5.41, 5.74) is 0.856. The number of aliphatic imine (C=N–C) groups is 1. The molecule has 0 saturated heterocycles. The van der Waals surface area contributed by atoms with Crippen molar-refractivity contribution in [2.45, 2.75) is 32.3 Å². The van der Waals surface area contributed by atoms with Crippen LogP contribution in [0.5, 0.6) is 11.5 Å². The molecule has 0 amide bonds. The van der Waals surface area contributed by atoms with Crippen LogP contribution in [0, 0.1) is 0 Å². The second kappa shape index (κ2) is 10.7. The van der Waals surface area contributed by atoms with Gasteiger partial charge in [0.25, 0.3) is 0 Å². The van der Waals surface area contributed by atoms with E-state index in [0.717, 1.165) is 43.0 Å². The van der Waals surface area contributed by atoms with Gasteiger partial charge in [0.05, 0.1) is 27.0 Å². The maximum Gasteiger partial charge on any atom is 0.191 e. The summed E-state index contributed by atoms with van der Waals surface area (Å²) in [6.07, 6.45) is 5.30. The van der Waals surface area contributed by atoms with Gasteiger partial charge in [0, 0.05) is 31.9 Å². The van der Waals surface area contributed by atoms with Crippen molar-refractivity contribution in [1.82, 2.24) is 20.4 Å². The lowest BCUT2D eigenvalue weighted by Crippen LogP contribution is -2.39. The van der Waals surface area contributed by atoms with Crippen LogP contribution in [-0.2, 0) is 19.1 Å².